The summed E-state index contributed by atoms with van der Waals surface area (Å²) in [5.74, 6) is 1.52. The highest BCUT2D eigenvalue weighted by molar-refractivity contribution is 5.42. The molecule has 1 fully saturated rings. The molecule has 1 aliphatic carbocycles. The Morgan fingerprint density at radius 1 is 1.15 bits per heavy atom. The van der Waals surface area contributed by atoms with E-state index in [-0.39, 0.29) is 12.1 Å². The lowest BCUT2D eigenvalue weighted by Gasteiger charge is -2.28. The maximum Gasteiger partial charge on any atom is 0.160 e. The first-order valence-corrected chi connectivity index (χ1v) is 7.37. The van der Waals surface area contributed by atoms with E-state index in [1.807, 2.05) is 12.1 Å². The van der Waals surface area contributed by atoms with Gasteiger partial charge in [0.1, 0.15) is 0 Å². The molecular formula is C16H25NO3. The van der Waals surface area contributed by atoms with Crippen LogP contribution in [0.5, 0.6) is 11.5 Å². The van der Waals surface area contributed by atoms with Crippen LogP contribution >= 0.6 is 0 Å². The molecule has 0 bridgehead atoms. The second-order valence-corrected chi connectivity index (χ2v) is 5.35. The standard InChI is InChI=1S/C16H25NO3/c1-19-15-8-7-12(11-16(15)20-2)9-10-17-13-5-3-4-6-14(13)18/h7-8,11,13-14,17-18H,3-6,9-10H2,1-2H3/t13-,14-/m1/s1. The van der Waals surface area contributed by atoms with Crippen LogP contribution < -0.4 is 14.8 Å². The third kappa shape index (κ3) is 3.87. The Morgan fingerprint density at radius 3 is 2.60 bits per heavy atom. The highest BCUT2D eigenvalue weighted by Gasteiger charge is 2.21. The van der Waals surface area contributed by atoms with Crippen molar-refractivity contribution in [1.29, 1.82) is 0 Å². The quantitative estimate of drug-likeness (QED) is 0.837. The van der Waals surface area contributed by atoms with Gasteiger partial charge in [0.05, 0.1) is 20.3 Å². The molecule has 0 amide bonds. The summed E-state index contributed by atoms with van der Waals surface area (Å²) in [6.07, 6.45) is 5.10. The lowest BCUT2D eigenvalue weighted by molar-refractivity contribution is 0.0914. The first kappa shape index (κ1) is 15.1. The molecule has 0 unspecified atom stereocenters. The monoisotopic (exact) mass is 279 g/mol. The van der Waals surface area contributed by atoms with Gasteiger partial charge in [0.2, 0.25) is 0 Å². The summed E-state index contributed by atoms with van der Waals surface area (Å²) in [6.45, 7) is 0.872. The summed E-state index contributed by atoms with van der Waals surface area (Å²) >= 11 is 0. The molecule has 0 aromatic heterocycles. The van der Waals surface area contributed by atoms with Crippen LogP contribution in [0.3, 0.4) is 0 Å². The van der Waals surface area contributed by atoms with E-state index < -0.39 is 0 Å². The molecule has 0 radical (unpaired) electrons. The maximum absolute atomic E-state index is 9.92. The molecule has 112 valence electrons. The van der Waals surface area contributed by atoms with Crippen LogP contribution in [0.4, 0.5) is 0 Å². The molecule has 1 saturated carbocycles. The Balaban J connectivity index is 1.84. The highest BCUT2D eigenvalue weighted by Crippen LogP contribution is 2.27. The van der Waals surface area contributed by atoms with Crippen molar-refractivity contribution < 1.29 is 14.6 Å². The third-order valence-corrected chi connectivity index (χ3v) is 4.00. The SMILES string of the molecule is COc1ccc(CCN[C@@H]2CCCC[C@H]2O)cc1OC. The fraction of sp³-hybridized carbons (Fsp3) is 0.625. The van der Waals surface area contributed by atoms with E-state index in [1.165, 1.54) is 12.0 Å². The molecule has 0 saturated heterocycles. The number of ether oxygens (including phenoxy) is 2. The Bertz CT molecular complexity index is 422. The number of hydrogen-bond donors (Lipinski definition) is 2. The summed E-state index contributed by atoms with van der Waals surface area (Å²) in [6, 6.07) is 6.26. The zero-order valence-electron chi connectivity index (χ0n) is 12.4. The highest BCUT2D eigenvalue weighted by atomic mass is 16.5. The molecule has 4 nitrogen and oxygen atoms in total. The van der Waals surface area contributed by atoms with E-state index in [9.17, 15) is 5.11 Å². The van der Waals surface area contributed by atoms with Gasteiger partial charge in [0.25, 0.3) is 0 Å². The van der Waals surface area contributed by atoms with Crippen LogP contribution in [0.2, 0.25) is 0 Å². The molecule has 1 aromatic rings. The van der Waals surface area contributed by atoms with E-state index in [2.05, 4.69) is 11.4 Å². The first-order valence-electron chi connectivity index (χ1n) is 7.37. The Labute approximate surface area is 121 Å². The van der Waals surface area contributed by atoms with Crippen LogP contribution in [0, 0.1) is 0 Å². The van der Waals surface area contributed by atoms with Gasteiger partial charge < -0.3 is 19.9 Å². The van der Waals surface area contributed by atoms with Crippen LogP contribution in [0.25, 0.3) is 0 Å². The molecule has 20 heavy (non-hydrogen) atoms. The molecule has 2 rings (SSSR count). The van der Waals surface area contributed by atoms with Crippen LogP contribution in [-0.4, -0.2) is 38.0 Å². The van der Waals surface area contributed by atoms with Crippen molar-refractivity contribution in [2.24, 2.45) is 0 Å². The molecular weight excluding hydrogens is 254 g/mol. The molecule has 1 aromatic carbocycles. The second-order valence-electron chi connectivity index (χ2n) is 5.35. The topological polar surface area (TPSA) is 50.7 Å². The zero-order valence-corrected chi connectivity index (χ0v) is 12.4. The predicted octanol–water partition coefficient (Wildman–Crippen LogP) is 2.14. The van der Waals surface area contributed by atoms with E-state index in [4.69, 9.17) is 9.47 Å². The van der Waals surface area contributed by atoms with Gasteiger partial charge in [-0.2, -0.15) is 0 Å². The van der Waals surface area contributed by atoms with Crippen molar-refractivity contribution in [2.75, 3.05) is 20.8 Å². The Morgan fingerprint density at radius 2 is 1.90 bits per heavy atom. The maximum atomic E-state index is 9.92. The smallest absolute Gasteiger partial charge is 0.160 e. The Hall–Kier alpha value is -1.26. The molecule has 2 atom stereocenters. The average molecular weight is 279 g/mol. The molecule has 0 spiro atoms. The number of rotatable bonds is 6. The van der Waals surface area contributed by atoms with E-state index in [0.717, 1.165) is 43.7 Å². The van der Waals surface area contributed by atoms with Gasteiger partial charge in [-0.25, -0.2) is 0 Å². The predicted molar refractivity (Wildman–Crippen MR) is 79.5 cm³/mol. The van der Waals surface area contributed by atoms with Gasteiger partial charge in [0, 0.05) is 6.04 Å². The normalized spacial score (nSPS) is 22.6. The summed E-state index contributed by atoms with van der Waals surface area (Å²) in [5, 5.41) is 13.4. The molecule has 4 heteroatoms. The molecule has 0 aliphatic heterocycles. The van der Waals surface area contributed by atoms with Crippen LogP contribution in [0.1, 0.15) is 31.2 Å². The van der Waals surface area contributed by atoms with Crippen molar-refractivity contribution in [3.8, 4) is 11.5 Å². The van der Waals surface area contributed by atoms with Crippen molar-refractivity contribution in [3.63, 3.8) is 0 Å². The number of hydrogen-bond acceptors (Lipinski definition) is 4. The molecule has 0 heterocycles. The minimum Gasteiger partial charge on any atom is -0.493 e. The van der Waals surface area contributed by atoms with Crippen molar-refractivity contribution in [3.05, 3.63) is 23.8 Å². The van der Waals surface area contributed by atoms with Crippen molar-refractivity contribution >= 4 is 0 Å². The summed E-state index contributed by atoms with van der Waals surface area (Å²) in [4.78, 5) is 0. The minimum atomic E-state index is -0.186. The zero-order chi connectivity index (χ0) is 14.4. The summed E-state index contributed by atoms with van der Waals surface area (Å²) in [5.41, 5.74) is 1.21. The summed E-state index contributed by atoms with van der Waals surface area (Å²) in [7, 11) is 3.29. The largest absolute Gasteiger partial charge is 0.493 e. The van der Waals surface area contributed by atoms with Gasteiger partial charge in [-0.1, -0.05) is 18.9 Å². The molecule has 2 N–H and O–H groups in total. The van der Waals surface area contributed by atoms with E-state index in [0.29, 0.717) is 0 Å². The van der Waals surface area contributed by atoms with Gasteiger partial charge in [-0.05, 0) is 43.5 Å². The average Bonchev–Trinajstić information content (AvgIpc) is 2.49. The fourth-order valence-electron chi connectivity index (χ4n) is 2.79. The number of methoxy groups -OCH3 is 2. The van der Waals surface area contributed by atoms with Crippen molar-refractivity contribution in [1.82, 2.24) is 5.32 Å². The Kier molecular flexibility index (Phi) is 5.68. The van der Waals surface area contributed by atoms with Crippen LogP contribution in [0.15, 0.2) is 18.2 Å². The number of aliphatic hydroxyl groups excluding tert-OH is 1. The van der Waals surface area contributed by atoms with Gasteiger partial charge in [-0.15, -0.1) is 0 Å². The third-order valence-electron chi connectivity index (χ3n) is 4.00. The van der Waals surface area contributed by atoms with E-state index in [1.54, 1.807) is 14.2 Å². The number of aliphatic hydroxyl groups is 1. The first-order chi connectivity index (χ1) is 9.74. The van der Waals surface area contributed by atoms with Gasteiger partial charge in [-0.3, -0.25) is 0 Å². The van der Waals surface area contributed by atoms with Crippen molar-refractivity contribution in [2.45, 2.75) is 44.2 Å². The lowest BCUT2D eigenvalue weighted by Crippen LogP contribution is -2.42. The molecule has 1 aliphatic rings. The van der Waals surface area contributed by atoms with Gasteiger partial charge in [0.15, 0.2) is 11.5 Å². The number of nitrogens with one attached hydrogen (secondary N) is 1. The second kappa shape index (κ2) is 7.50. The lowest BCUT2D eigenvalue weighted by atomic mass is 9.92. The number of benzene rings is 1. The fourth-order valence-corrected chi connectivity index (χ4v) is 2.79. The van der Waals surface area contributed by atoms with E-state index >= 15 is 0 Å². The minimum absolute atomic E-state index is 0.186. The summed E-state index contributed by atoms with van der Waals surface area (Å²) < 4.78 is 10.5. The van der Waals surface area contributed by atoms with Gasteiger partial charge >= 0.3 is 0 Å². The van der Waals surface area contributed by atoms with Crippen LogP contribution in [-0.2, 0) is 6.42 Å².